The third-order valence-corrected chi connectivity index (χ3v) is 3.90. The average Bonchev–Trinajstić information content (AvgIpc) is 2.49. The van der Waals surface area contributed by atoms with Gasteiger partial charge in [-0.3, -0.25) is 14.4 Å². The molecule has 0 aliphatic heterocycles. The first-order valence-electron chi connectivity index (χ1n) is 8.31. The number of rotatable bonds is 7. The molecule has 24 heavy (non-hydrogen) atoms. The lowest BCUT2D eigenvalue weighted by atomic mass is 9.86. The van der Waals surface area contributed by atoms with Gasteiger partial charge in [0.25, 0.3) is 11.8 Å². The number of amides is 2. The summed E-state index contributed by atoms with van der Waals surface area (Å²) >= 11 is 0. The second-order valence-electron chi connectivity index (χ2n) is 6.43. The number of carbonyl (C=O) groups is 3. The van der Waals surface area contributed by atoms with E-state index in [-0.39, 0.29) is 24.4 Å². The second kappa shape index (κ2) is 8.47. The third kappa shape index (κ3) is 5.08. The van der Waals surface area contributed by atoms with E-state index in [0.717, 1.165) is 19.3 Å². The number of ether oxygens (including phenoxy) is 1. The molecule has 1 aromatic carbocycles. The van der Waals surface area contributed by atoms with Gasteiger partial charge in [-0.2, -0.15) is 0 Å². The number of anilines is 1. The van der Waals surface area contributed by atoms with Crippen LogP contribution in [0.3, 0.4) is 0 Å². The molecule has 0 radical (unpaired) electrons. The molecule has 0 bridgehead atoms. The Hall–Kier alpha value is -2.37. The van der Waals surface area contributed by atoms with Crippen molar-refractivity contribution in [3.63, 3.8) is 0 Å². The van der Waals surface area contributed by atoms with Crippen LogP contribution in [0, 0.1) is 11.8 Å². The molecule has 0 unspecified atom stereocenters. The molecule has 0 saturated heterocycles. The lowest BCUT2D eigenvalue weighted by Gasteiger charge is -2.22. The van der Waals surface area contributed by atoms with E-state index in [1.165, 1.54) is 0 Å². The van der Waals surface area contributed by atoms with Crippen LogP contribution in [0.4, 0.5) is 5.69 Å². The van der Waals surface area contributed by atoms with Gasteiger partial charge in [0.15, 0.2) is 6.61 Å². The molecule has 1 aliphatic rings. The van der Waals surface area contributed by atoms with Gasteiger partial charge in [-0.1, -0.05) is 32.4 Å². The maximum Gasteiger partial charge on any atom is 0.309 e. The molecule has 1 aliphatic carbocycles. The second-order valence-corrected chi connectivity index (χ2v) is 6.43. The van der Waals surface area contributed by atoms with Crippen LogP contribution in [0.15, 0.2) is 24.3 Å². The molecule has 6 nitrogen and oxygen atoms in total. The normalized spacial score (nSPS) is 14.0. The molecule has 0 heterocycles. The molecular formula is C18H24N2O4. The van der Waals surface area contributed by atoms with Crippen LogP contribution in [-0.4, -0.2) is 30.9 Å². The van der Waals surface area contributed by atoms with Gasteiger partial charge in [-0.15, -0.1) is 0 Å². The Bertz CT molecular complexity index is 609. The highest BCUT2D eigenvalue weighted by molar-refractivity contribution is 6.04. The van der Waals surface area contributed by atoms with Gasteiger partial charge >= 0.3 is 5.97 Å². The predicted octanol–water partition coefficient (Wildman–Crippen LogP) is 2.35. The maximum atomic E-state index is 12.2. The van der Waals surface area contributed by atoms with Gasteiger partial charge in [0.1, 0.15) is 0 Å². The summed E-state index contributed by atoms with van der Waals surface area (Å²) in [4.78, 5) is 35.8. The third-order valence-electron chi connectivity index (χ3n) is 3.90. The van der Waals surface area contributed by atoms with Crippen molar-refractivity contribution in [1.82, 2.24) is 5.32 Å². The highest BCUT2D eigenvalue weighted by atomic mass is 16.5. The van der Waals surface area contributed by atoms with Crippen molar-refractivity contribution in [2.24, 2.45) is 11.8 Å². The molecule has 1 aromatic rings. The lowest BCUT2D eigenvalue weighted by molar-refractivity contribution is -0.154. The van der Waals surface area contributed by atoms with E-state index < -0.39 is 5.91 Å². The number of hydrogen-bond donors (Lipinski definition) is 2. The fourth-order valence-corrected chi connectivity index (χ4v) is 2.27. The van der Waals surface area contributed by atoms with Crippen LogP contribution < -0.4 is 10.6 Å². The fraction of sp³-hybridized carbons (Fsp3) is 0.500. The largest absolute Gasteiger partial charge is 0.455 e. The van der Waals surface area contributed by atoms with Crippen LogP contribution in [0.25, 0.3) is 0 Å². The van der Waals surface area contributed by atoms with E-state index in [2.05, 4.69) is 10.6 Å². The quantitative estimate of drug-likeness (QED) is 0.751. The monoisotopic (exact) mass is 332 g/mol. The van der Waals surface area contributed by atoms with Crippen molar-refractivity contribution in [3.8, 4) is 0 Å². The Kier molecular flexibility index (Phi) is 6.35. The number of benzene rings is 1. The summed E-state index contributed by atoms with van der Waals surface area (Å²) in [5.41, 5.74) is 0.792. The number of esters is 1. The summed E-state index contributed by atoms with van der Waals surface area (Å²) in [6.45, 7) is 4.23. The van der Waals surface area contributed by atoms with Gasteiger partial charge in [0, 0.05) is 6.54 Å². The number of carbonyl (C=O) groups excluding carboxylic acids is 3. The summed E-state index contributed by atoms with van der Waals surface area (Å²) < 4.78 is 5.01. The van der Waals surface area contributed by atoms with Crippen molar-refractivity contribution in [2.75, 3.05) is 18.5 Å². The Balaban J connectivity index is 1.90. The molecule has 2 amide bonds. The zero-order valence-corrected chi connectivity index (χ0v) is 14.1. The van der Waals surface area contributed by atoms with E-state index in [4.69, 9.17) is 4.74 Å². The number of hydrogen-bond acceptors (Lipinski definition) is 4. The van der Waals surface area contributed by atoms with Crippen LogP contribution >= 0.6 is 0 Å². The van der Waals surface area contributed by atoms with Crippen LogP contribution in [-0.2, 0) is 14.3 Å². The molecule has 0 atom stereocenters. The smallest absolute Gasteiger partial charge is 0.309 e. The average molecular weight is 332 g/mol. The van der Waals surface area contributed by atoms with Crippen molar-refractivity contribution in [3.05, 3.63) is 29.8 Å². The lowest BCUT2D eigenvalue weighted by Crippen LogP contribution is -2.30. The minimum Gasteiger partial charge on any atom is -0.455 e. The van der Waals surface area contributed by atoms with Crippen molar-refractivity contribution in [2.45, 2.75) is 33.1 Å². The van der Waals surface area contributed by atoms with Crippen LogP contribution in [0.1, 0.15) is 43.5 Å². The van der Waals surface area contributed by atoms with Crippen molar-refractivity contribution in [1.29, 1.82) is 0 Å². The zero-order valence-electron chi connectivity index (χ0n) is 14.1. The van der Waals surface area contributed by atoms with Crippen molar-refractivity contribution < 1.29 is 19.1 Å². The van der Waals surface area contributed by atoms with E-state index in [0.29, 0.717) is 23.7 Å². The Morgan fingerprint density at radius 2 is 1.92 bits per heavy atom. The Labute approximate surface area is 142 Å². The van der Waals surface area contributed by atoms with Gasteiger partial charge in [-0.25, -0.2) is 0 Å². The molecule has 130 valence electrons. The van der Waals surface area contributed by atoms with Gasteiger partial charge in [0.2, 0.25) is 0 Å². The SMILES string of the molecule is CC(C)CNC(=O)c1ccccc1NC(=O)COC(=O)C1CCC1. The Morgan fingerprint density at radius 3 is 2.54 bits per heavy atom. The molecular weight excluding hydrogens is 308 g/mol. The molecule has 6 heteroatoms. The Morgan fingerprint density at radius 1 is 1.21 bits per heavy atom. The minimum atomic E-state index is -0.452. The summed E-state index contributed by atoms with van der Waals surface area (Å²) in [6, 6.07) is 6.76. The van der Waals surface area contributed by atoms with E-state index in [9.17, 15) is 14.4 Å². The molecule has 0 spiro atoms. The van der Waals surface area contributed by atoms with Crippen molar-refractivity contribution >= 4 is 23.5 Å². The maximum absolute atomic E-state index is 12.2. The first kappa shape index (κ1) is 18.0. The minimum absolute atomic E-state index is 0.0631. The van der Waals surface area contributed by atoms with Gasteiger partial charge in [0.05, 0.1) is 17.2 Å². The molecule has 0 aromatic heterocycles. The standard InChI is InChI=1S/C18H24N2O4/c1-12(2)10-19-17(22)14-8-3-4-9-15(14)20-16(21)11-24-18(23)13-6-5-7-13/h3-4,8-9,12-13H,5-7,10-11H2,1-2H3,(H,19,22)(H,20,21). The number of nitrogens with one attached hydrogen (secondary N) is 2. The molecule has 2 N–H and O–H groups in total. The van der Waals surface area contributed by atoms with Gasteiger partial charge in [-0.05, 0) is 30.9 Å². The highest BCUT2D eigenvalue weighted by Crippen LogP contribution is 2.27. The first-order valence-corrected chi connectivity index (χ1v) is 8.31. The van der Waals surface area contributed by atoms with E-state index in [1.807, 2.05) is 13.8 Å². The molecule has 2 rings (SSSR count). The summed E-state index contributed by atoms with van der Waals surface area (Å²) in [5, 5.41) is 5.45. The highest BCUT2D eigenvalue weighted by Gasteiger charge is 2.27. The van der Waals surface area contributed by atoms with E-state index >= 15 is 0 Å². The summed E-state index contributed by atoms with van der Waals surface area (Å²) in [5.74, 6) is -0.745. The summed E-state index contributed by atoms with van der Waals surface area (Å²) in [6.07, 6.45) is 2.70. The fourth-order valence-electron chi connectivity index (χ4n) is 2.27. The van der Waals surface area contributed by atoms with Gasteiger partial charge < -0.3 is 15.4 Å². The van der Waals surface area contributed by atoms with E-state index in [1.54, 1.807) is 24.3 Å². The zero-order chi connectivity index (χ0) is 17.5. The van der Waals surface area contributed by atoms with Crippen LogP contribution in [0.5, 0.6) is 0 Å². The number of para-hydroxylation sites is 1. The molecule has 1 saturated carbocycles. The first-order chi connectivity index (χ1) is 11.5. The predicted molar refractivity (Wildman–Crippen MR) is 90.5 cm³/mol. The topological polar surface area (TPSA) is 84.5 Å². The van der Waals surface area contributed by atoms with Crippen LogP contribution in [0.2, 0.25) is 0 Å². The summed E-state index contributed by atoms with van der Waals surface area (Å²) in [7, 11) is 0. The molecule has 1 fully saturated rings.